The highest BCUT2D eigenvalue weighted by atomic mass is 16.6. The van der Waals surface area contributed by atoms with Gasteiger partial charge in [0.1, 0.15) is 11.6 Å². The maximum Gasteiger partial charge on any atom is 0.411 e. The third-order valence-corrected chi connectivity index (χ3v) is 3.83. The number of oxime groups is 1. The van der Waals surface area contributed by atoms with Gasteiger partial charge in [0, 0.05) is 12.1 Å². The molecule has 0 unspecified atom stereocenters. The SMILES string of the molecule is CCC(C)(C)NC(=O)CON=C(N)[C@H]1COCCN1C(=O)OC(C)(C)C. The van der Waals surface area contributed by atoms with Crippen molar-refractivity contribution >= 4 is 17.8 Å². The van der Waals surface area contributed by atoms with Crippen molar-refractivity contribution in [2.45, 2.75) is 65.1 Å². The van der Waals surface area contributed by atoms with Crippen molar-refractivity contribution < 1.29 is 23.9 Å². The van der Waals surface area contributed by atoms with Gasteiger partial charge < -0.3 is 25.4 Å². The molecule has 0 bridgehead atoms. The largest absolute Gasteiger partial charge is 0.444 e. The van der Waals surface area contributed by atoms with Crippen molar-refractivity contribution in [3.8, 4) is 0 Å². The zero-order valence-corrected chi connectivity index (χ0v) is 16.6. The zero-order chi connectivity index (χ0) is 20.0. The van der Waals surface area contributed by atoms with Gasteiger partial charge in [-0.25, -0.2) is 4.79 Å². The molecule has 3 N–H and O–H groups in total. The molecule has 9 heteroatoms. The molecule has 1 aliphatic rings. The average molecular weight is 372 g/mol. The normalized spacial score (nSPS) is 19.1. The maximum absolute atomic E-state index is 12.3. The van der Waals surface area contributed by atoms with Crippen LogP contribution >= 0.6 is 0 Å². The van der Waals surface area contributed by atoms with Crippen molar-refractivity contribution in [1.29, 1.82) is 0 Å². The lowest BCUT2D eigenvalue weighted by atomic mass is 10.0. The molecule has 9 nitrogen and oxygen atoms in total. The average Bonchev–Trinajstić information content (AvgIpc) is 2.52. The number of hydrogen-bond acceptors (Lipinski definition) is 6. The molecular weight excluding hydrogens is 340 g/mol. The molecule has 0 aromatic heterocycles. The van der Waals surface area contributed by atoms with Gasteiger partial charge in [-0.1, -0.05) is 12.1 Å². The van der Waals surface area contributed by atoms with E-state index in [1.54, 1.807) is 20.8 Å². The third-order valence-electron chi connectivity index (χ3n) is 3.83. The number of amidine groups is 1. The molecule has 0 aromatic carbocycles. The van der Waals surface area contributed by atoms with Crippen LogP contribution in [0.4, 0.5) is 4.79 Å². The second kappa shape index (κ2) is 9.07. The van der Waals surface area contributed by atoms with Gasteiger partial charge in [0.15, 0.2) is 12.4 Å². The summed E-state index contributed by atoms with van der Waals surface area (Å²) < 4.78 is 10.8. The molecule has 0 saturated carbocycles. The molecule has 1 heterocycles. The van der Waals surface area contributed by atoms with E-state index in [-0.39, 0.29) is 30.5 Å². The summed E-state index contributed by atoms with van der Waals surface area (Å²) in [6, 6.07) is -0.603. The Hall–Kier alpha value is -2.03. The third kappa shape index (κ3) is 7.47. The van der Waals surface area contributed by atoms with Gasteiger partial charge in [0.2, 0.25) is 0 Å². The van der Waals surface area contributed by atoms with Crippen LogP contribution in [0, 0.1) is 0 Å². The number of rotatable bonds is 6. The predicted molar refractivity (Wildman–Crippen MR) is 97.6 cm³/mol. The molecule has 26 heavy (non-hydrogen) atoms. The minimum atomic E-state index is -0.619. The fourth-order valence-electron chi connectivity index (χ4n) is 2.12. The second-order valence-electron chi connectivity index (χ2n) is 7.84. The molecule has 1 atom stereocenters. The van der Waals surface area contributed by atoms with Gasteiger partial charge in [0.25, 0.3) is 5.91 Å². The zero-order valence-electron chi connectivity index (χ0n) is 16.6. The van der Waals surface area contributed by atoms with E-state index in [4.69, 9.17) is 20.0 Å². The Labute approximate surface area is 155 Å². The number of nitrogens with zero attached hydrogens (tertiary/aromatic N) is 2. The number of nitrogens with one attached hydrogen (secondary N) is 1. The number of nitrogens with two attached hydrogens (primary N) is 1. The summed E-state index contributed by atoms with van der Waals surface area (Å²) in [7, 11) is 0. The first kappa shape index (κ1) is 22.0. The Kier molecular flexibility index (Phi) is 7.68. The Bertz CT molecular complexity index is 528. The van der Waals surface area contributed by atoms with E-state index in [1.807, 2.05) is 20.8 Å². The first-order chi connectivity index (χ1) is 11.9. The van der Waals surface area contributed by atoms with Crippen LogP contribution in [0.25, 0.3) is 0 Å². The van der Waals surface area contributed by atoms with Crippen LogP contribution in [-0.4, -0.2) is 66.3 Å². The quantitative estimate of drug-likeness (QED) is 0.411. The van der Waals surface area contributed by atoms with E-state index in [9.17, 15) is 9.59 Å². The molecular formula is C17H32N4O5. The van der Waals surface area contributed by atoms with Crippen molar-refractivity contribution in [3.05, 3.63) is 0 Å². The van der Waals surface area contributed by atoms with Crippen LogP contribution < -0.4 is 11.1 Å². The minimum absolute atomic E-state index is 0.0538. The van der Waals surface area contributed by atoms with Crippen LogP contribution in [0.1, 0.15) is 48.0 Å². The molecule has 1 saturated heterocycles. The standard InChI is InChI=1S/C17H32N4O5/c1-7-17(5,6)19-13(22)11-25-20-14(18)12-10-24-9-8-21(12)15(23)26-16(2,3)4/h12H,7-11H2,1-6H3,(H2,18,20)(H,19,22)/t12-/m1/s1. The Morgan fingerprint density at radius 3 is 2.54 bits per heavy atom. The highest BCUT2D eigenvalue weighted by molar-refractivity contribution is 5.89. The lowest BCUT2D eigenvalue weighted by Gasteiger charge is -2.35. The van der Waals surface area contributed by atoms with Crippen molar-refractivity contribution in [3.63, 3.8) is 0 Å². The van der Waals surface area contributed by atoms with Crippen molar-refractivity contribution in [2.24, 2.45) is 10.9 Å². The molecule has 0 aliphatic carbocycles. The molecule has 1 rings (SSSR count). The van der Waals surface area contributed by atoms with E-state index in [0.717, 1.165) is 6.42 Å². The summed E-state index contributed by atoms with van der Waals surface area (Å²) in [6.45, 7) is 11.8. The highest BCUT2D eigenvalue weighted by Gasteiger charge is 2.33. The van der Waals surface area contributed by atoms with E-state index < -0.39 is 17.7 Å². The summed E-state index contributed by atoms with van der Waals surface area (Å²) in [5, 5.41) is 6.61. The molecule has 0 spiro atoms. The van der Waals surface area contributed by atoms with E-state index >= 15 is 0 Å². The van der Waals surface area contributed by atoms with Gasteiger partial charge in [-0.15, -0.1) is 0 Å². The van der Waals surface area contributed by atoms with Crippen LogP contribution in [0.2, 0.25) is 0 Å². The van der Waals surface area contributed by atoms with Crippen LogP contribution in [-0.2, 0) is 19.1 Å². The van der Waals surface area contributed by atoms with Crippen molar-refractivity contribution in [1.82, 2.24) is 10.2 Å². The number of morpholine rings is 1. The number of carbonyl (C=O) groups excluding carboxylic acids is 2. The molecule has 1 aliphatic heterocycles. The van der Waals surface area contributed by atoms with Crippen LogP contribution in [0.15, 0.2) is 5.16 Å². The van der Waals surface area contributed by atoms with Gasteiger partial charge in [-0.2, -0.15) is 0 Å². The number of ether oxygens (including phenoxy) is 2. The summed E-state index contributed by atoms with van der Waals surface area (Å²) in [6.07, 6.45) is 0.292. The van der Waals surface area contributed by atoms with E-state index in [2.05, 4.69) is 10.5 Å². The minimum Gasteiger partial charge on any atom is -0.444 e. The van der Waals surface area contributed by atoms with Crippen molar-refractivity contribution in [2.75, 3.05) is 26.4 Å². The van der Waals surface area contributed by atoms with Gasteiger partial charge >= 0.3 is 6.09 Å². The van der Waals surface area contributed by atoms with Crippen LogP contribution in [0.3, 0.4) is 0 Å². The number of amides is 2. The number of carbonyl (C=O) groups is 2. The Morgan fingerprint density at radius 2 is 1.96 bits per heavy atom. The lowest BCUT2D eigenvalue weighted by molar-refractivity contribution is -0.127. The fraction of sp³-hybridized carbons (Fsp3) is 0.824. The number of hydrogen-bond donors (Lipinski definition) is 2. The molecule has 1 fully saturated rings. The summed E-state index contributed by atoms with van der Waals surface area (Å²) in [5.41, 5.74) is 5.01. The molecule has 150 valence electrons. The van der Waals surface area contributed by atoms with Gasteiger partial charge in [0.05, 0.1) is 13.2 Å². The van der Waals surface area contributed by atoms with Crippen LogP contribution in [0.5, 0.6) is 0 Å². The van der Waals surface area contributed by atoms with Gasteiger partial charge in [-0.05, 0) is 41.0 Å². The first-order valence-electron chi connectivity index (χ1n) is 8.79. The smallest absolute Gasteiger partial charge is 0.411 e. The second-order valence-corrected chi connectivity index (χ2v) is 7.84. The fourth-order valence-corrected chi connectivity index (χ4v) is 2.12. The maximum atomic E-state index is 12.3. The highest BCUT2D eigenvalue weighted by Crippen LogP contribution is 2.15. The Balaban J connectivity index is 2.64. The molecule has 0 aromatic rings. The van der Waals surface area contributed by atoms with E-state index in [1.165, 1.54) is 4.90 Å². The van der Waals surface area contributed by atoms with E-state index in [0.29, 0.717) is 13.2 Å². The monoisotopic (exact) mass is 372 g/mol. The Morgan fingerprint density at radius 1 is 1.31 bits per heavy atom. The molecule has 2 amide bonds. The topological polar surface area (TPSA) is 115 Å². The summed E-state index contributed by atoms with van der Waals surface area (Å²) in [4.78, 5) is 30.7. The summed E-state index contributed by atoms with van der Waals surface area (Å²) in [5.74, 6) is -0.240. The van der Waals surface area contributed by atoms with Gasteiger partial charge in [-0.3, -0.25) is 9.69 Å². The lowest BCUT2D eigenvalue weighted by Crippen LogP contribution is -2.55. The summed E-state index contributed by atoms with van der Waals surface area (Å²) >= 11 is 0. The molecule has 0 radical (unpaired) electrons. The first-order valence-corrected chi connectivity index (χ1v) is 8.79. The predicted octanol–water partition coefficient (Wildman–Crippen LogP) is 1.22.